The number of nitrogens with zero attached hydrogens (tertiary/aromatic N) is 3. The van der Waals surface area contributed by atoms with Crippen molar-refractivity contribution in [3.05, 3.63) is 53.9 Å². The Labute approximate surface area is 220 Å². The van der Waals surface area contributed by atoms with Gasteiger partial charge < -0.3 is 29.7 Å². The number of nitrogens with one attached hydrogen (secondary N) is 2. The number of halogens is 2. The van der Waals surface area contributed by atoms with Crippen molar-refractivity contribution in [2.24, 2.45) is 0 Å². The zero-order chi connectivity index (χ0) is 23.5. The molecule has 0 spiro atoms. The molecule has 1 saturated heterocycles. The molecule has 12 heteroatoms. The van der Waals surface area contributed by atoms with Crippen molar-refractivity contribution in [1.82, 2.24) is 20.2 Å². The van der Waals surface area contributed by atoms with E-state index in [9.17, 15) is 9.59 Å². The number of amides is 2. The smallest absolute Gasteiger partial charge is 0.410 e. The highest BCUT2D eigenvalue weighted by Crippen LogP contribution is 2.32. The summed E-state index contributed by atoms with van der Waals surface area (Å²) in [6.07, 6.45) is 1.83. The minimum absolute atomic E-state index is 0. The first-order valence-corrected chi connectivity index (χ1v) is 11.1. The first-order valence-electron chi connectivity index (χ1n) is 11.1. The van der Waals surface area contributed by atoms with Crippen LogP contribution in [0.4, 0.5) is 10.6 Å². The lowest BCUT2D eigenvalue weighted by atomic mass is 10.0. The van der Waals surface area contributed by atoms with Crippen LogP contribution in [0.15, 0.2) is 42.6 Å². The van der Waals surface area contributed by atoms with Crippen molar-refractivity contribution >= 4 is 53.5 Å². The van der Waals surface area contributed by atoms with Crippen LogP contribution in [-0.4, -0.2) is 60.2 Å². The molecule has 0 bridgehead atoms. The molecule has 36 heavy (non-hydrogen) atoms. The van der Waals surface area contributed by atoms with E-state index in [1.165, 1.54) is 0 Å². The molecular formula is C24H27Cl2N5O5. The summed E-state index contributed by atoms with van der Waals surface area (Å²) in [5.41, 5.74) is 2.55. The fraction of sp³-hybridized carbons (Fsp3) is 0.333. The van der Waals surface area contributed by atoms with Crippen LogP contribution in [0.1, 0.15) is 23.8 Å². The van der Waals surface area contributed by atoms with E-state index in [-0.39, 0.29) is 49.5 Å². The lowest BCUT2D eigenvalue weighted by Crippen LogP contribution is -2.28. The molecule has 2 N–H and O–H groups in total. The molecule has 1 atom stereocenters. The second kappa shape index (κ2) is 12.1. The van der Waals surface area contributed by atoms with Crippen LogP contribution in [-0.2, 0) is 16.1 Å². The van der Waals surface area contributed by atoms with Crippen LogP contribution in [0.5, 0.6) is 11.5 Å². The van der Waals surface area contributed by atoms with Gasteiger partial charge in [0.05, 0.1) is 24.9 Å². The van der Waals surface area contributed by atoms with Gasteiger partial charge in [-0.3, -0.25) is 9.78 Å². The van der Waals surface area contributed by atoms with Gasteiger partial charge in [0.1, 0.15) is 11.9 Å². The van der Waals surface area contributed by atoms with Crippen molar-refractivity contribution in [3.8, 4) is 11.5 Å². The molecule has 2 aliphatic heterocycles. The van der Waals surface area contributed by atoms with Gasteiger partial charge in [0.15, 0.2) is 18.2 Å². The van der Waals surface area contributed by atoms with Gasteiger partial charge in [-0.15, -0.1) is 24.8 Å². The Balaban J connectivity index is 0.00000180. The molecule has 10 nitrogen and oxygen atoms in total. The topological polar surface area (TPSA) is 115 Å². The zero-order valence-corrected chi connectivity index (χ0v) is 21.2. The number of carbonyl (C=O) groups excluding carboxylic acids is 2. The summed E-state index contributed by atoms with van der Waals surface area (Å²) >= 11 is 0. The number of rotatable bonds is 8. The Morgan fingerprint density at radius 2 is 2.06 bits per heavy atom. The Bertz CT molecular complexity index is 1240. The molecule has 1 fully saturated rings. The lowest BCUT2D eigenvalue weighted by Gasteiger charge is -2.17. The van der Waals surface area contributed by atoms with Gasteiger partial charge in [0, 0.05) is 30.2 Å². The van der Waals surface area contributed by atoms with Crippen LogP contribution in [0, 0.1) is 0 Å². The van der Waals surface area contributed by atoms with Crippen LogP contribution in [0.3, 0.4) is 0 Å². The number of hydrogen-bond donors (Lipinski definition) is 2. The Morgan fingerprint density at radius 1 is 1.19 bits per heavy atom. The number of anilines is 1. The number of fused-ring (bicyclic) bond motifs is 2. The number of methoxy groups -OCH3 is 1. The largest absolute Gasteiger partial charge is 0.497 e. The maximum absolute atomic E-state index is 12.5. The number of aromatic nitrogens is 2. The third-order valence-electron chi connectivity index (χ3n) is 5.84. The molecule has 0 aliphatic carbocycles. The van der Waals surface area contributed by atoms with E-state index in [4.69, 9.17) is 14.2 Å². The Hall–Kier alpha value is -3.34. The van der Waals surface area contributed by atoms with Gasteiger partial charge in [-0.05, 0) is 49.4 Å². The number of carbonyl (C=O) groups is 2. The minimum Gasteiger partial charge on any atom is -0.497 e. The van der Waals surface area contributed by atoms with Gasteiger partial charge in [-0.2, -0.15) is 0 Å². The van der Waals surface area contributed by atoms with Gasteiger partial charge in [-0.1, -0.05) is 0 Å². The molecule has 0 radical (unpaired) electrons. The highest BCUT2D eigenvalue weighted by Gasteiger charge is 2.33. The second-order valence-electron chi connectivity index (χ2n) is 8.12. The van der Waals surface area contributed by atoms with Crippen LogP contribution in [0.25, 0.3) is 10.9 Å². The number of cyclic esters (lactones) is 1. The molecule has 2 aromatic heterocycles. The third kappa shape index (κ3) is 5.89. The van der Waals surface area contributed by atoms with Crippen molar-refractivity contribution in [1.29, 1.82) is 0 Å². The normalized spacial score (nSPS) is 16.2. The summed E-state index contributed by atoms with van der Waals surface area (Å²) in [6, 6.07) is 11.2. The van der Waals surface area contributed by atoms with Crippen molar-refractivity contribution in [3.63, 3.8) is 0 Å². The highest BCUT2D eigenvalue weighted by molar-refractivity contribution is 5.94. The molecule has 4 heterocycles. The van der Waals surface area contributed by atoms with Gasteiger partial charge in [0.2, 0.25) is 0 Å². The average molecular weight is 536 g/mol. The second-order valence-corrected chi connectivity index (χ2v) is 8.12. The van der Waals surface area contributed by atoms with Crippen LogP contribution >= 0.6 is 24.8 Å². The summed E-state index contributed by atoms with van der Waals surface area (Å²) in [5.74, 6) is 1.55. The van der Waals surface area contributed by atoms with E-state index < -0.39 is 0 Å². The van der Waals surface area contributed by atoms with E-state index in [2.05, 4.69) is 20.6 Å². The maximum atomic E-state index is 12.5. The molecule has 192 valence electrons. The van der Waals surface area contributed by atoms with Gasteiger partial charge >= 0.3 is 6.09 Å². The number of pyridine rings is 2. The summed E-state index contributed by atoms with van der Waals surface area (Å²) in [5, 5.41) is 6.95. The van der Waals surface area contributed by atoms with Gasteiger partial charge in [-0.25, -0.2) is 9.78 Å². The van der Waals surface area contributed by atoms with E-state index >= 15 is 0 Å². The highest BCUT2D eigenvalue weighted by atomic mass is 35.5. The predicted molar refractivity (Wildman–Crippen MR) is 138 cm³/mol. The molecule has 1 aromatic carbocycles. The first kappa shape index (κ1) is 27.3. The summed E-state index contributed by atoms with van der Waals surface area (Å²) in [6.45, 7) is 2.32. The minimum atomic E-state index is -0.352. The van der Waals surface area contributed by atoms with E-state index in [0.29, 0.717) is 37.7 Å². The van der Waals surface area contributed by atoms with Crippen molar-refractivity contribution in [2.75, 3.05) is 38.7 Å². The number of benzene rings is 1. The maximum Gasteiger partial charge on any atom is 0.410 e. The molecular weight excluding hydrogens is 509 g/mol. The molecule has 2 aliphatic rings. The number of ether oxygens (including phenoxy) is 3. The summed E-state index contributed by atoms with van der Waals surface area (Å²) < 4.78 is 16.3. The lowest BCUT2D eigenvalue weighted by molar-refractivity contribution is -0.118. The van der Waals surface area contributed by atoms with Crippen molar-refractivity contribution < 1.29 is 23.8 Å². The summed E-state index contributed by atoms with van der Waals surface area (Å²) in [4.78, 5) is 34.4. The molecule has 3 aromatic rings. The van der Waals surface area contributed by atoms with Crippen molar-refractivity contribution in [2.45, 2.75) is 19.1 Å². The van der Waals surface area contributed by atoms with E-state index in [1.54, 1.807) is 24.3 Å². The fourth-order valence-electron chi connectivity index (χ4n) is 4.12. The van der Waals surface area contributed by atoms with E-state index in [1.807, 2.05) is 30.3 Å². The average Bonchev–Trinajstić information content (AvgIpc) is 3.22. The third-order valence-corrected chi connectivity index (χ3v) is 5.84. The quantitative estimate of drug-likeness (QED) is 0.421. The number of hydrogen-bond acceptors (Lipinski definition) is 8. The van der Waals surface area contributed by atoms with E-state index in [0.717, 1.165) is 34.3 Å². The SMILES string of the molecule is COc1ccc2nccc([C@@H]3CN(CCCNCc4ccc5c(n4)NC(=O)CO5)C(=O)O3)c2c1.Cl.Cl. The molecule has 5 rings (SSSR count). The predicted octanol–water partition coefficient (Wildman–Crippen LogP) is 3.49. The zero-order valence-electron chi connectivity index (χ0n) is 19.6. The Morgan fingerprint density at radius 3 is 2.89 bits per heavy atom. The van der Waals surface area contributed by atoms with Crippen LogP contribution in [0.2, 0.25) is 0 Å². The van der Waals surface area contributed by atoms with Gasteiger partial charge in [0.25, 0.3) is 5.91 Å². The molecule has 0 saturated carbocycles. The summed E-state index contributed by atoms with van der Waals surface area (Å²) in [7, 11) is 1.62. The Kier molecular flexibility index (Phi) is 9.14. The van der Waals surface area contributed by atoms with Crippen LogP contribution < -0.4 is 20.1 Å². The monoisotopic (exact) mass is 535 g/mol. The fourth-order valence-corrected chi connectivity index (χ4v) is 4.12. The standard InChI is InChI=1S/C24H25N5O5.2ClH/c1-32-16-4-5-19-18(11-16)17(7-9-26-19)21-13-29(24(31)34-21)10-2-8-25-12-15-3-6-20-23(27-15)28-22(30)14-33-20;;/h3-7,9,11,21,25H,2,8,10,12-14H2,1H3,(H,27,28,30);2*1H/t21-;;/m0../s1. The first-order chi connectivity index (χ1) is 16.6. The molecule has 2 amide bonds. The molecule has 0 unspecified atom stereocenters.